The van der Waals surface area contributed by atoms with Gasteiger partial charge in [-0.15, -0.1) is 0 Å². The standard InChI is InChI=1S/C10H22/c1-6-9(5)10(7-2)8(3)4/h8-10H,6-7H2,1-5H3/t9-,10+/m1/s1. The molecule has 0 aromatic heterocycles. The van der Waals surface area contributed by atoms with E-state index < -0.39 is 0 Å². The van der Waals surface area contributed by atoms with E-state index in [9.17, 15) is 0 Å². The van der Waals surface area contributed by atoms with Gasteiger partial charge in [0.1, 0.15) is 0 Å². The first-order chi connectivity index (χ1) is 4.63. The van der Waals surface area contributed by atoms with Crippen molar-refractivity contribution in [3.05, 3.63) is 0 Å². The summed E-state index contributed by atoms with van der Waals surface area (Å²) in [4.78, 5) is 0. The maximum absolute atomic E-state index is 2.37. The molecule has 0 aromatic carbocycles. The Morgan fingerprint density at radius 2 is 1.40 bits per heavy atom. The second-order valence-corrected chi connectivity index (χ2v) is 3.70. The lowest BCUT2D eigenvalue weighted by atomic mass is 9.81. The molecule has 62 valence electrons. The molecule has 0 radical (unpaired) electrons. The lowest BCUT2D eigenvalue weighted by Gasteiger charge is -2.24. The van der Waals surface area contributed by atoms with Gasteiger partial charge in [0.05, 0.1) is 0 Å². The Labute approximate surface area is 66.0 Å². The van der Waals surface area contributed by atoms with Gasteiger partial charge in [-0.3, -0.25) is 0 Å². The van der Waals surface area contributed by atoms with Crippen molar-refractivity contribution in [2.45, 2.75) is 47.5 Å². The minimum absolute atomic E-state index is 0.861. The Kier molecular flexibility index (Phi) is 4.76. The van der Waals surface area contributed by atoms with Gasteiger partial charge in [-0.1, -0.05) is 47.5 Å². The molecule has 0 aliphatic carbocycles. The smallest absolute Gasteiger partial charge is 0.0368 e. The van der Waals surface area contributed by atoms with Gasteiger partial charge < -0.3 is 0 Å². The van der Waals surface area contributed by atoms with Crippen molar-refractivity contribution >= 4 is 0 Å². The van der Waals surface area contributed by atoms with E-state index in [1.54, 1.807) is 0 Å². The van der Waals surface area contributed by atoms with Gasteiger partial charge in [-0.25, -0.2) is 0 Å². The van der Waals surface area contributed by atoms with E-state index in [2.05, 4.69) is 34.6 Å². The molecule has 0 rings (SSSR count). The van der Waals surface area contributed by atoms with Crippen molar-refractivity contribution < 1.29 is 0 Å². The van der Waals surface area contributed by atoms with Gasteiger partial charge in [0.25, 0.3) is 0 Å². The first-order valence-corrected chi connectivity index (χ1v) is 4.63. The fraction of sp³-hybridized carbons (Fsp3) is 1.00. The van der Waals surface area contributed by atoms with Crippen LogP contribution in [0.15, 0.2) is 0 Å². The Hall–Kier alpha value is 0. The zero-order valence-electron chi connectivity index (χ0n) is 8.15. The molecule has 0 fully saturated rings. The van der Waals surface area contributed by atoms with Crippen molar-refractivity contribution in [3.8, 4) is 0 Å². The Morgan fingerprint density at radius 3 is 1.50 bits per heavy atom. The van der Waals surface area contributed by atoms with E-state index in [1.807, 2.05) is 0 Å². The molecule has 0 nitrogen and oxygen atoms in total. The van der Waals surface area contributed by atoms with Crippen molar-refractivity contribution in [1.82, 2.24) is 0 Å². The van der Waals surface area contributed by atoms with Crippen LogP contribution in [0, 0.1) is 17.8 Å². The third-order valence-corrected chi connectivity index (χ3v) is 2.70. The van der Waals surface area contributed by atoms with Crippen molar-refractivity contribution in [3.63, 3.8) is 0 Å². The molecular weight excluding hydrogens is 120 g/mol. The number of hydrogen-bond acceptors (Lipinski definition) is 0. The average molecular weight is 142 g/mol. The van der Waals surface area contributed by atoms with Crippen molar-refractivity contribution in [2.75, 3.05) is 0 Å². The molecule has 0 aliphatic heterocycles. The summed E-state index contributed by atoms with van der Waals surface area (Å²) in [6.07, 6.45) is 2.67. The van der Waals surface area contributed by atoms with E-state index in [0.717, 1.165) is 17.8 Å². The molecule has 0 amide bonds. The van der Waals surface area contributed by atoms with Crippen LogP contribution in [0.1, 0.15) is 47.5 Å². The second-order valence-electron chi connectivity index (χ2n) is 3.70. The first kappa shape index (κ1) is 10.0. The number of rotatable bonds is 4. The summed E-state index contributed by atoms with van der Waals surface area (Å²) in [5, 5.41) is 0. The summed E-state index contributed by atoms with van der Waals surface area (Å²) in [5.41, 5.74) is 0. The van der Waals surface area contributed by atoms with Gasteiger partial charge in [0, 0.05) is 0 Å². The lowest BCUT2D eigenvalue weighted by molar-refractivity contribution is 0.256. The van der Waals surface area contributed by atoms with Gasteiger partial charge in [0.15, 0.2) is 0 Å². The van der Waals surface area contributed by atoms with Crippen LogP contribution in [-0.2, 0) is 0 Å². The summed E-state index contributed by atoms with van der Waals surface area (Å²) in [6.45, 7) is 11.6. The Balaban J connectivity index is 3.80. The summed E-state index contributed by atoms with van der Waals surface area (Å²) < 4.78 is 0. The zero-order valence-corrected chi connectivity index (χ0v) is 8.15. The van der Waals surface area contributed by atoms with Crippen LogP contribution < -0.4 is 0 Å². The highest BCUT2D eigenvalue weighted by Crippen LogP contribution is 2.25. The van der Waals surface area contributed by atoms with Crippen LogP contribution in [0.5, 0.6) is 0 Å². The maximum Gasteiger partial charge on any atom is -0.0368 e. The van der Waals surface area contributed by atoms with Crippen molar-refractivity contribution in [1.29, 1.82) is 0 Å². The van der Waals surface area contributed by atoms with Crippen LogP contribution in [0.2, 0.25) is 0 Å². The zero-order chi connectivity index (χ0) is 8.15. The average Bonchev–Trinajstić information content (AvgIpc) is 1.88. The Bertz CT molecular complexity index is 74.1. The molecule has 2 atom stereocenters. The second kappa shape index (κ2) is 4.76. The first-order valence-electron chi connectivity index (χ1n) is 4.63. The van der Waals surface area contributed by atoms with Crippen LogP contribution >= 0.6 is 0 Å². The highest BCUT2D eigenvalue weighted by molar-refractivity contribution is 4.66. The van der Waals surface area contributed by atoms with E-state index >= 15 is 0 Å². The third-order valence-electron chi connectivity index (χ3n) is 2.70. The molecule has 0 aromatic rings. The highest BCUT2D eigenvalue weighted by Gasteiger charge is 2.16. The molecule has 0 unspecified atom stereocenters. The molecule has 10 heavy (non-hydrogen) atoms. The van der Waals surface area contributed by atoms with Gasteiger partial charge in [0.2, 0.25) is 0 Å². The topological polar surface area (TPSA) is 0 Å². The molecule has 0 bridgehead atoms. The predicted molar refractivity (Wildman–Crippen MR) is 48.1 cm³/mol. The van der Waals surface area contributed by atoms with E-state index in [0.29, 0.717) is 0 Å². The normalized spacial score (nSPS) is 17.4. The van der Waals surface area contributed by atoms with Gasteiger partial charge >= 0.3 is 0 Å². The molecule has 0 heteroatoms. The molecule has 0 heterocycles. The minimum Gasteiger partial charge on any atom is -0.0651 e. The van der Waals surface area contributed by atoms with Gasteiger partial charge in [-0.05, 0) is 17.8 Å². The summed E-state index contributed by atoms with van der Waals surface area (Å²) in [6, 6.07) is 0. The molecule has 0 saturated carbocycles. The largest absolute Gasteiger partial charge is 0.0651 e. The van der Waals surface area contributed by atoms with Crippen LogP contribution in [-0.4, -0.2) is 0 Å². The SMILES string of the molecule is CC[C@@H](C)[C@@H](CC)C(C)C. The fourth-order valence-corrected chi connectivity index (χ4v) is 1.83. The maximum atomic E-state index is 2.37. The summed E-state index contributed by atoms with van der Waals surface area (Å²) in [5.74, 6) is 2.70. The van der Waals surface area contributed by atoms with Crippen LogP contribution in [0.4, 0.5) is 0 Å². The third kappa shape index (κ3) is 2.72. The molecule has 0 spiro atoms. The van der Waals surface area contributed by atoms with Crippen LogP contribution in [0.25, 0.3) is 0 Å². The molecule has 0 aliphatic rings. The Morgan fingerprint density at radius 1 is 0.900 bits per heavy atom. The van der Waals surface area contributed by atoms with E-state index in [-0.39, 0.29) is 0 Å². The fourth-order valence-electron chi connectivity index (χ4n) is 1.83. The molecular formula is C10H22. The molecule has 0 N–H and O–H groups in total. The van der Waals surface area contributed by atoms with E-state index in [1.165, 1.54) is 12.8 Å². The lowest BCUT2D eigenvalue weighted by Crippen LogP contribution is -2.16. The quantitative estimate of drug-likeness (QED) is 0.561. The predicted octanol–water partition coefficient (Wildman–Crippen LogP) is 3.71. The van der Waals surface area contributed by atoms with Crippen molar-refractivity contribution in [2.24, 2.45) is 17.8 Å². The number of hydrogen-bond donors (Lipinski definition) is 0. The van der Waals surface area contributed by atoms with Crippen LogP contribution in [0.3, 0.4) is 0 Å². The molecule has 0 saturated heterocycles. The monoisotopic (exact) mass is 142 g/mol. The highest BCUT2D eigenvalue weighted by atomic mass is 14.2. The summed E-state index contributed by atoms with van der Waals surface area (Å²) >= 11 is 0. The van der Waals surface area contributed by atoms with E-state index in [4.69, 9.17) is 0 Å². The minimum atomic E-state index is 0.861. The summed E-state index contributed by atoms with van der Waals surface area (Å²) in [7, 11) is 0. The van der Waals surface area contributed by atoms with Gasteiger partial charge in [-0.2, -0.15) is 0 Å².